The maximum absolute atomic E-state index is 11.8. The zero-order chi connectivity index (χ0) is 14.4. The predicted octanol–water partition coefficient (Wildman–Crippen LogP) is 2.00. The summed E-state index contributed by atoms with van der Waals surface area (Å²) in [6, 6.07) is 9.65. The lowest BCUT2D eigenvalue weighted by molar-refractivity contribution is -0.150. The van der Waals surface area contributed by atoms with Crippen molar-refractivity contribution in [2.24, 2.45) is 5.92 Å². The number of esters is 1. The van der Waals surface area contributed by atoms with E-state index in [2.05, 4.69) is 4.90 Å². The number of carbonyl (C=O) groups is 1. The Morgan fingerprint density at radius 1 is 1.45 bits per heavy atom. The zero-order valence-electron chi connectivity index (χ0n) is 12.0. The van der Waals surface area contributed by atoms with Gasteiger partial charge in [0, 0.05) is 13.1 Å². The van der Waals surface area contributed by atoms with Gasteiger partial charge in [-0.3, -0.25) is 9.69 Å². The fourth-order valence-corrected chi connectivity index (χ4v) is 2.70. The highest BCUT2D eigenvalue weighted by atomic mass is 16.5. The van der Waals surface area contributed by atoms with Crippen molar-refractivity contribution in [3.63, 3.8) is 0 Å². The highest BCUT2D eigenvalue weighted by Crippen LogP contribution is 2.21. The maximum atomic E-state index is 11.8. The second-order valence-corrected chi connectivity index (χ2v) is 5.28. The van der Waals surface area contributed by atoms with Gasteiger partial charge in [0.05, 0.1) is 18.6 Å². The minimum Gasteiger partial charge on any atom is -0.466 e. The Balaban J connectivity index is 1.88. The number of likely N-dealkylation sites (tertiary alicyclic amines) is 1. The van der Waals surface area contributed by atoms with Gasteiger partial charge in [-0.05, 0) is 31.9 Å². The summed E-state index contributed by atoms with van der Waals surface area (Å²) in [6.07, 6.45) is 1.36. The van der Waals surface area contributed by atoms with Crippen LogP contribution in [0.1, 0.15) is 31.4 Å². The third kappa shape index (κ3) is 4.05. The summed E-state index contributed by atoms with van der Waals surface area (Å²) in [4.78, 5) is 13.9. The van der Waals surface area contributed by atoms with Crippen LogP contribution >= 0.6 is 0 Å². The Bertz CT molecular complexity index is 421. The minimum atomic E-state index is -0.503. The van der Waals surface area contributed by atoms with Gasteiger partial charge in [-0.1, -0.05) is 30.3 Å². The first-order valence-electron chi connectivity index (χ1n) is 7.32. The van der Waals surface area contributed by atoms with Crippen LogP contribution in [-0.2, 0) is 9.53 Å². The molecule has 1 aliphatic rings. The smallest absolute Gasteiger partial charge is 0.310 e. The van der Waals surface area contributed by atoms with E-state index >= 15 is 0 Å². The van der Waals surface area contributed by atoms with E-state index in [-0.39, 0.29) is 11.9 Å². The van der Waals surface area contributed by atoms with Gasteiger partial charge in [0.2, 0.25) is 0 Å². The molecular formula is C16H23NO3. The first kappa shape index (κ1) is 15.0. The number of benzene rings is 1. The molecule has 20 heavy (non-hydrogen) atoms. The van der Waals surface area contributed by atoms with Crippen molar-refractivity contribution >= 4 is 5.97 Å². The lowest BCUT2D eigenvalue weighted by atomic mass is 9.97. The third-order valence-electron chi connectivity index (χ3n) is 3.74. The van der Waals surface area contributed by atoms with Gasteiger partial charge in [0.15, 0.2) is 0 Å². The highest BCUT2D eigenvalue weighted by Gasteiger charge is 2.27. The largest absolute Gasteiger partial charge is 0.466 e. The fraction of sp³-hybridized carbons (Fsp3) is 0.562. The fourth-order valence-electron chi connectivity index (χ4n) is 2.70. The average Bonchev–Trinajstić information content (AvgIpc) is 2.48. The number of piperidine rings is 1. The molecule has 2 atom stereocenters. The molecule has 0 bridgehead atoms. The molecular weight excluding hydrogens is 254 g/mol. The number of hydrogen-bond donors (Lipinski definition) is 1. The number of carbonyl (C=O) groups excluding carboxylic acids is 1. The van der Waals surface area contributed by atoms with Crippen molar-refractivity contribution in [2.45, 2.75) is 25.9 Å². The molecule has 0 radical (unpaired) electrons. The zero-order valence-corrected chi connectivity index (χ0v) is 12.0. The van der Waals surface area contributed by atoms with Crippen LogP contribution in [-0.4, -0.2) is 42.2 Å². The molecule has 1 aromatic carbocycles. The molecule has 1 aliphatic heterocycles. The maximum Gasteiger partial charge on any atom is 0.310 e. The number of rotatable bonds is 5. The number of aliphatic hydroxyl groups is 1. The van der Waals surface area contributed by atoms with Gasteiger partial charge in [-0.15, -0.1) is 0 Å². The molecule has 0 amide bonds. The standard InChI is InChI=1S/C16H23NO3/c1-2-20-16(19)14-9-6-10-17(11-14)12-15(18)13-7-4-3-5-8-13/h3-5,7-8,14-15,18H,2,6,9-12H2,1H3/t14-,15?/m1/s1. The van der Waals surface area contributed by atoms with Gasteiger partial charge in [0.25, 0.3) is 0 Å². The first-order valence-corrected chi connectivity index (χ1v) is 7.32. The summed E-state index contributed by atoms with van der Waals surface area (Å²) in [5.74, 6) is -0.155. The van der Waals surface area contributed by atoms with Gasteiger partial charge in [-0.2, -0.15) is 0 Å². The van der Waals surface area contributed by atoms with Crippen molar-refractivity contribution < 1.29 is 14.6 Å². The molecule has 1 heterocycles. The average molecular weight is 277 g/mol. The summed E-state index contributed by atoms with van der Waals surface area (Å²) in [7, 11) is 0. The van der Waals surface area contributed by atoms with E-state index < -0.39 is 6.10 Å². The molecule has 0 aliphatic carbocycles. The van der Waals surface area contributed by atoms with E-state index in [0.29, 0.717) is 19.7 Å². The summed E-state index contributed by atoms with van der Waals surface area (Å²) in [5.41, 5.74) is 0.922. The van der Waals surface area contributed by atoms with Crippen LogP contribution in [0.2, 0.25) is 0 Å². The van der Waals surface area contributed by atoms with Crippen LogP contribution in [0.5, 0.6) is 0 Å². The van der Waals surface area contributed by atoms with E-state index in [1.165, 1.54) is 0 Å². The first-order chi connectivity index (χ1) is 9.70. The monoisotopic (exact) mass is 277 g/mol. The third-order valence-corrected chi connectivity index (χ3v) is 3.74. The van der Waals surface area contributed by atoms with Crippen LogP contribution in [0, 0.1) is 5.92 Å². The van der Waals surface area contributed by atoms with Crippen LogP contribution in [0.4, 0.5) is 0 Å². The summed E-state index contributed by atoms with van der Waals surface area (Å²) in [5, 5.41) is 10.2. The molecule has 4 heteroatoms. The molecule has 1 fully saturated rings. The Morgan fingerprint density at radius 3 is 2.90 bits per heavy atom. The molecule has 0 aromatic heterocycles. The van der Waals surface area contributed by atoms with Crippen molar-refractivity contribution in [1.82, 2.24) is 4.90 Å². The SMILES string of the molecule is CCOC(=O)[C@@H]1CCCN(CC(O)c2ccccc2)C1. The van der Waals surface area contributed by atoms with E-state index in [0.717, 1.165) is 24.9 Å². The highest BCUT2D eigenvalue weighted by molar-refractivity contribution is 5.72. The van der Waals surface area contributed by atoms with Crippen molar-refractivity contribution in [3.05, 3.63) is 35.9 Å². The van der Waals surface area contributed by atoms with Gasteiger partial charge in [-0.25, -0.2) is 0 Å². The Kier molecular flexibility index (Phi) is 5.56. The summed E-state index contributed by atoms with van der Waals surface area (Å²) in [6.45, 7) is 4.45. The predicted molar refractivity (Wildman–Crippen MR) is 77.2 cm³/mol. The normalized spacial score (nSPS) is 21.4. The Morgan fingerprint density at radius 2 is 2.20 bits per heavy atom. The molecule has 1 aromatic rings. The van der Waals surface area contributed by atoms with E-state index in [1.54, 1.807) is 0 Å². The summed E-state index contributed by atoms with van der Waals surface area (Å²) >= 11 is 0. The number of ether oxygens (including phenoxy) is 1. The lowest BCUT2D eigenvalue weighted by Crippen LogP contribution is -2.41. The molecule has 2 rings (SSSR count). The van der Waals surface area contributed by atoms with E-state index in [4.69, 9.17) is 4.74 Å². The lowest BCUT2D eigenvalue weighted by Gasteiger charge is -2.32. The number of aliphatic hydroxyl groups excluding tert-OH is 1. The quantitative estimate of drug-likeness (QED) is 0.836. The van der Waals surface area contributed by atoms with Crippen LogP contribution in [0.3, 0.4) is 0 Å². The van der Waals surface area contributed by atoms with Crippen LogP contribution < -0.4 is 0 Å². The van der Waals surface area contributed by atoms with Crippen LogP contribution in [0.25, 0.3) is 0 Å². The Hall–Kier alpha value is -1.39. The van der Waals surface area contributed by atoms with Crippen molar-refractivity contribution in [3.8, 4) is 0 Å². The van der Waals surface area contributed by atoms with Gasteiger partial charge < -0.3 is 9.84 Å². The minimum absolute atomic E-state index is 0.0494. The van der Waals surface area contributed by atoms with Crippen molar-refractivity contribution in [1.29, 1.82) is 0 Å². The number of nitrogens with zero attached hydrogens (tertiary/aromatic N) is 1. The van der Waals surface area contributed by atoms with Crippen LogP contribution in [0.15, 0.2) is 30.3 Å². The summed E-state index contributed by atoms with van der Waals surface area (Å²) < 4.78 is 5.09. The number of β-amino-alcohol motifs (C(OH)–C–C–N with tert-alkyl or cyclic N) is 1. The molecule has 0 saturated carbocycles. The number of hydrogen-bond acceptors (Lipinski definition) is 4. The second-order valence-electron chi connectivity index (χ2n) is 5.28. The Labute approximate surface area is 120 Å². The molecule has 0 spiro atoms. The molecule has 1 unspecified atom stereocenters. The molecule has 1 saturated heterocycles. The molecule has 4 nitrogen and oxygen atoms in total. The van der Waals surface area contributed by atoms with Gasteiger partial charge in [0.1, 0.15) is 0 Å². The van der Waals surface area contributed by atoms with Gasteiger partial charge >= 0.3 is 5.97 Å². The van der Waals surface area contributed by atoms with E-state index in [9.17, 15) is 9.90 Å². The van der Waals surface area contributed by atoms with Crippen molar-refractivity contribution in [2.75, 3.05) is 26.2 Å². The van der Waals surface area contributed by atoms with E-state index in [1.807, 2.05) is 37.3 Å². The second kappa shape index (κ2) is 7.41. The molecule has 110 valence electrons. The topological polar surface area (TPSA) is 49.8 Å². The molecule has 1 N–H and O–H groups in total.